The van der Waals surface area contributed by atoms with Gasteiger partial charge in [0, 0.05) is 12.6 Å². The maximum absolute atomic E-state index is 12.9. The molecule has 3 atom stereocenters. The van der Waals surface area contributed by atoms with Crippen molar-refractivity contribution in [3.63, 3.8) is 0 Å². The van der Waals surface area contributed by atoms with Crippen LogP contribution in [0.2, 0.25) is 10.0 Å². The molecule has 2 heterocycles. The van der Waals surface area contributed by atoms with Crippen molar-refractivity contribution in [3.05, 3.63) is 39.3 Å². The van der Waals surface area contributed by atoms with Crippen LogP contribution in [0.5, 0.6) is 0 Å². The maximum atomic E-state index is 12.9. The number of thioether (sulfide) groups is 1. The number of hydrogen-bond donors (Lipinski definition) is 4. The number of sulfonamides is 1. The molecule has 1 fully saturated rings. The quantitative estimate of drug-likeness (QED) is 0.526. The van der Waals surface area contributed by atoms with Gasteiger partial charge in [0.05, 0.1) is 28.0 Å². The molecule has 2 aliphatic rings. The Bertz CT molecular complexity index is 896. The molecule has 3 rings (SSSR count). The van der Waals surface area contributed by atoms with Crippen molar-refractivity contribution in [3.8, 4) is 0 Å². The maximum Gasteiger partial charge on any atom is 0.323 e. The number of nitrogens with one attached hydrogen (secondary N) is 2. The second kappa shape index (κ2) is 8.78. The topological polar surface area (TPSA) is 119 Å². The molecule has 1 saturated heterocycles. The van der Waals surface area contributed by atoms with Crippen LogP contribution < -0.4 is 10.6 Å². The van der Waals surface area contributed by atoms with E-state index in [0.717, 1.165) is 11.8 Å². The highest BCUT2D eigenvalue weighted by Crippen LogP contribution is 2.37. The molecular weight excluding hydrogens is 449 g/mol. The zero-order valence-corrected chi connectivity index (χ0v) is 17.7. The van der Waals surface area contributed by atoms with E-state index >= 15 is 0 Å². The van der Waals surface area contributed by atoms with E-state index in [-0.39, 0.29) is 28.0 Å². The van der Waals surface area contributed by atoms with E-state index in [0.29, 0.717) is 19.4 Å². The van der Waals surface area contributed by atoms with E-state index in [1.807, 2.05) is 0 Å². The molecule has 0 radical (unpaired) electrons. The first-order chi connectivity index (χ1) is 13.3. The van der Waals surface area contributed by atoms with Crippen LogP contribution in [0.1, 0.15) is 12.8 Å². The molecular formula is C16H19Cl2N3O5S2. The van der Waals surface area contributed by atoms with Crippen LogP contribution in [-0.4, -0.2) is 58.8 Å². The molecule has 28 heavy (non-hydrogen) atoms. The Morgan fingerprint density at radius 2 is 2.07 bits per heavy atom. The summed E-state index contributed by atoms with van der Waals surface area (Å²) in [6.07, 6.45) is -0.195. The van der Waals surface area contributed by atoms with E-state index in [2.05, 4.69) is 10.6 Å². The summed E-state index contributed by atoms with van der Waals surface area (Å²) in [4.78, 5) is 12.2. The first-order valence-corrected chi connectivity index (χ1v) is 11.6. The Balaban J connectivity index is 1.66. The largest absolute Gasteiger partial charge is 0.395 e. The lowest BCUT2D eigenvalue weighted by Gasteiger charge is -2.27. The van der Waals surface area contributed by atoms with Crippen LogP contribution >= 0.6 is 35.0 Å². The molecule has 0 spiro atoms. The Hall–Kier alpha value is -1.01. The Morgan fingerprint density at radius 3 is 2.79 bits per heavy atom. The fourth-order valence-corrected chi connectivity index (χ4v) is 7.01. The fourth-order valence-electron chi connectivity index (χ4n) is 3.11. The van der Waals surface area contributed by atoms with E-state index in [4.69, 9.17) is 23.2 Å². The summed E-state index contributed by atoms with van der Waals surface area (Å²) in [6, 6.07) is 3.56. The van der Waals surface area contributed by atoms with Gasteiger partial charge < -0.3 is 20.8 Å². The zero-order valence-electron chi connectivity index (χ0n) is 14.5. The predicted octanol–water partition coefficient (Wildman–Crippen LogP) is 2.18. The lowest BCUT2D eigenvalue weighted by Crippen LogP contribution is -2.46. The van der Waals surface area contributed by atoms with Gasteiger partial charge in [-0.2, -0.15) is 4.31 Å². The van der Waals surface area contributed by atoms with Gasteiger partial charge in [0.1, 0.15) is 6.10 Å². The third-order valence-electron chi connectivity index (χ3n) is 4.52. The molecule has 2 unspecified atom stereocenters. The summed E-state index contributed by atoms with van der Waals surface area (Å²) in [5.41, 5.74) is 0.341. The average molecular weight is 468 g/mol. The molecule has 2 amide bonds. The number of carbonyl (C=O) groups excluding carboxylic acids is 1. The molecule has 0 aromatic heterocycles. The number of nitrogens with zero attached hydrogens (tertiary/aromatic N) is 1. The normalized spacial score (nSPS) is 25.6. The van der Waals surface area contributed by atoms with Crippen LogP contribution in [0.4, 0.5) is 10.5 Å². The van der Waals surface area contributed by atoms with Gasteiger partial charge in [-0.25, -0.2) is 13.2 Å². The highest BCUT2D eigenvalue weighted by molar-refractivity contribution is 8.14. The van der Waals surface area contributed by atoms with E-state index < -0.39 is 32.8 Å². The van der Waals surface area contributed by atoms with Gasteiger partial charge in [0.2, 0.25) is 10.0 Å². The van der Waals surface area contributed by atoms with Gasteiger partial charge in [0.25, 0.3) is 0 Å². The van der Waals surface area contributed by atoms with Crippen LogP contribution in [-0.2, 0) is 10.0 Å². The number of aliphatic hydroxyl groups excluding tert-OH is 2. The van der Waals surface area contributed by atoms with Crippen molar-refractivity contribution in [2.45, 2.75) is 29.6 Å². The smallest absolute Gasteiger partial charge is 0.323 e. The standard InChI is InChI=1S/C16H19Cl2N3O5S2/c17-10-4-1-5-11(13(10)18)19-16(24)20-12-8-27-15(14(12)23)28(25,26)21-6-2-3-9(21)7-22/h1,4-5,8-9,14-15,22-23H,2-3,6-7H2,(H2,19,20,24)/t9-,14?,15?/m1/s1. The first kappa shape index (κ1) is 21.7. The number of anilines is 1. The Labute approximate surface area is 176 Å². The summed E-state index contributed by atoms with van der Waals surface area (Å²) in [6.45, 7) is 0.0297. The molecule has 8 nitrogen and oxygen atoms in total. The lowest BCUT2D eigenvalue weighted by atomic mass is 10.2. The monoisotopic (exact) mass is 467 g/mol. The van der Waals surface area contributed by atoms with Gasteiger partial charge in [0.15, 0.2) is 4.58 Å². The summed E-state index contributed by atoms with van der Waals surface area (Å²) < 4.78 is 25.8. The number of benzene rings is 1. The number of urea groups is 1. The van der Waals surface area contributed by atoms with E-state index in [1.54, 1.807) is 18.2 Å². The minimum atomic E-state index is -3.86. The molecule has 154 valence electrons. The third-order valence-corrected chi connectivity index (χ3v) is 9.29. The number of rotatable bonds is 5. The third kappa shape index (κ3) is 4.28. The van der Waals surface area contributed by atoms with Crippen molar-refractivity contribution in [2.75, 3.05) is 18.5 Å². The Kier molecular flexibility index (Phi) is 6.80. The van der Waals surface area contributed by atoms with Crippen LogP contribution in [0, 0.1) is 0 Å². The minimum Gasteiger partial charge on any atom is -0.395 e. The van der Waals surface area contributed by atoms with Crippen LogP contribution in [0.25, 0.3) is 0 Å². The Morgan fingerprint density at radius 1 is 1.32 bits per heavy atom. The summed E-state index contributed by atoms with van der Waals surface area (Å²) in [5.74, 6) is 0. The minimum absolute atomic E-state index is 0.0639. The van der Waals surface area contributed by atoms with Crippen molar-refractivity contribution < 1.29 is 23.4 Å². The molecule has 1 aromatic rings. The molecule has 2 aliphatic heterocycles. The number of amides is 2. The average Bonchev–Trinajstić information content (AvgIpc) is 3.27. The second-order valence-electron chi connectivity index (χ2n) is 6.34. The number of halogens is 2. The second-order valence-corrected chi connectivity index (χ2v) is 10.4. The number of aliphatic hydroxyl groups is 2. The van der Waals surface area contributed by atoms with Crippen molar-refractivity contribution >= 4 is 56.7 Å². The van der Waals surface area contributed by atoms with Crippen molar-refractivity contribution in [2.24, 2.45) is 0 Å². The zero-order chi connectivity index (χ0) is 20.5. The SMILES string of the molecule is O=C(NC1=CSC(S(=O)(=O)N2CCC[C@@H]2CO)C1O)Nc1cccc(Cl)c1Cl. The van der Waals surface area contributed by atoms with Gasteiger partial charge in [-0.1, -0.05) is 29.3 Å². The van der Waals surface area contributed by atoms with Gasteiger partial charge in [-0.3, -0.25) is 0 Å². The number of carbonyl (C=O) groups is 1. The summed E-state index contributed by atoms with van der Waals surface area (Å²) in [5, 5.41) is 26.6. The molecule has 12 heteroatoms. The van der Waals surface area contributed by atoms with Gasteiger partial charge in [-0.15, -0.1) is 11.8 Å². The predicted molar refractivity (Wildman–Crippen MR) is 110 cm³/mol. The fraction of sp³-hybridized carbons (Fsp3) is 0.438. The molecule has 1 aromatic carbocycles. The summed E-state index contributed by atoms with van der Waals surface area (Å²) in [7, 11) is -3.86. The van der Waals surface area contributed by atoms with Crippen molar-refractivity contribution in [1.82, 2.24) is 9.62 Å². The molecule has 0 bridgehead atoms. The first-order valence-electron chi connectivity index (χ1n) is 8.43. The van der Waals surface area contributed by atoms with E-state index in [9.17, 15) is 23.4 Å². The summed E-state index contributed by atoms with van der Waals surface area (Å²) >= 11 is 12.8. The lowest BCUT2D eigenvalue weighted by molar-refractivity contribution is 0.201. The van der Waals surface area contributed by atoms with Gasteiger partial charge in [-0.05, 0) is 30.4 Å². The van der Waals surface area contributed by atoms with Crippen molar-refractivity contribution in [1.29, 1.82) is 0 Å². The van der Waals surface area contributed by atoms with Crippen LogP contribution in [0.3, 0.4) is 0 Å². The molecule has 0 aliphatic carbocycles. The highest BCUT2D eigenvalue weighted by Gasteiger charge is 2.46. The number of hydrogen-bond acceptors (Lipinski definition) is 6. The molecule has 4 N–H and O–H groups in total. The van der Waals surface area contributed by atoms with Crippen LogP contribution in [0.15, 0.2) is 29.3 Å². The van der Waals surface area contributed by atoms with E-state index in [1.165, 1.54) is 9.71 Å². The highest BCUT2D eigenvalue weighted by atomic mass is 35.5. The molecule has 0 saturated carbocycles. The van der Waals surface area contributed by atoms with Gasteiger partial charge >= 0.3 is 6.03 Å².